The molecule has 29 heavy (non-hydrogen) atoms. The van der Waals surface area contributed by atoms with Crippen molar-refractivity contribution in [2.45, 2.75) is 36.7 Å². The number of nitrogens with two attached hydrogens (primary N) is 1. The summed E-state index contributed by atoms with van der Waals surface area (Å²) in [5, 5.41) is 11.4. The van der Waals surface area contributed by atoms with Crippen LogP contribution >= 0.6 is 0 Å². The molecular weight excluding hydrogens is 412 g/mol. The minimum absolute atomic E-state index is 0.0646. The molecule has 0 aliphatic carbocycles. The molecule has 0 aliphatic heterocycles. The molecule has 0 radical (unpaired) electrons. The van der Waals surface area contributed by atoms with Gasteiger partial charge >= 0.3 is 0 Å². The van der Waals surface area contributed by atoms with Gasteiger partial charge in [-0.1, -0.05) is 24.3 Å². The van der Waals surface area contributed by atoms with E-state index in [1.165, 1.54) is 18.4 Å². The zero-order chi connectivity index (χ0) is 21.7. The number of hydrogen-bond acceptors (Lipinski definition) is 5. The second kappa shape index (κ2) is 9.38. The summed E-state index contributed by atoms with van der Waals surface area (Å²) in [4.78, 5) is 4.90. The van der Waals surface area contributed by atoms with Crippen molar-refractivity contribution in [2.75, 3.05) is 12.8 Å². The standard InChI is InChI=1S/C19H26N4O4S2/c1-4-21-19(22-12-15-5-8-17(9-6-15)29(20,26)27)23-13-16-7-10-18(14(2)11-16)28(3,24)25/h5-11H,4,12-13H2,1-3H3,(H2,20,26,27)(H2,21,22,23). The molecule has 10 heteroatoms. The first-order chi connectivity index (χ1) is 13.5. The van der Waals surface area contributed by atoms with Crippen LogP contribution in [0.2, 0.25) is 0 Å². The molecule has 0 saturated heterocycles. The number of sulfone groups is 1. The van der Waals surface area contributed by atoms with Gasteiger partial charge in [0.15, 0.2) is 15.8 Å². The van der Waals surface area contributed by atoms with E-state index in [2.05, 4.69) is 15.6 Å². The molecule has 4 N–H and O–H groups in total. The maximum Gasteiger partial charge on any atom is 0.238 e. The van der Waals surface area contributed by atoms with E-state index in [1.54, 1.807) is 31.2 Å². The Morgan fingerprint density at radius 2 is 1.62 bits per heavy atom. The van der Waals surface area contributed by atoms with Crippen molar-refractivity contribution in [3.63, 3.8) is 0 Å². The van der Waals surface area contributed by atoms with Crippen molar-refractivity contribution in [1.29, 1.82) is 0 Å². The molecule has 0 aromatic heterocycles. The molecule has 0 heterocycles. The number of guanidine groups is 1. The molecule has 0 atom stereocenters. The lowest BCUT2D eigenvalue weighted by Crippen LogP contribution is -2.36. The Bertz CT molecular complexity index is 1090. The lowest BCUT2D eigenvalue weighted by atomic mass is 10.1. The van der Waals surface area contributed by atoms with Gasteiger partial charge in [0, 0.05) is 19.3 Å². The van der Waals surface area contributed by atoms with E-state index in [4.69, 9.17) is 5.14 Å². The average Bonchev–Trinajstić information content (AvgIpc) is 2.62. The van der Waals surface area contributed by atoms with Gasteiger partial charge in [-0.2, -0.15) is 0 Å². The van der Waals surface area contributed by atoms with Crippen LogP contribution in [-0.2, 0) is 33.0 Å². The van der Waals surface area contributed by atoms with E-state index < -0.39 is 19.9 Å². The highest BCUT2D eigenvalue weighted by Crippen LogP contribution is 2.17. The molecule has 0 bridgehead atoms. The second-order valence-corrected chi connectivity index (χ2v) is 10.2. The molecule has 0 spiro atoms. The van der Waals surface area contributed by atoms with Gasteiger partial charge in [0.25, 0.3) is 0 Å². The van der Waals surface area contributed by atoms with E-state index in [0.717, 1.165) is 11.1 Å². The lowest BCUT2D eigenvalue weighted by molar-refractivity contribution is 0.597. The summed E-state index contributed by atoms with van der Waals surface area (Å²) in [6, 6.07) is 11.5. The third kappa shape index (κ3) is 6.84. The largest absolute Gasteiger partial charge is 0.357 e. The predicted octanol–water partition coefficient (Wildman–Crippen LogP) is 1.30. The molecule has 158 valence electrons. The zero-order valence-corrected chi connectivity index (χ0v) is 18.3. The van der Waals surface area contributed by atoms with Gasteiger partial charge in [0.2, 0.25) is 10.0 Å². The van der Waals surface area contributed by atoms with Gasteiger partial charge in [-0.05, 0) is 48.7 Å². The van der Waals surface area contributed by atoms with E-state index in [1.807, 2.05) is 13.0 Å². The Morgan fingerprint density at radius 3 is 2.14 bits per heavy atom. The van der Waals surface area contributed by atoms with Crippen molar-refractivity contribution in [1.82, 2.24) is 10.6 Å². The Kier molecular flexibility index (Phi) is 7.39. The number of primary sulfonamides is 1. The van der Waals surface area contributed by atoms with E-state index in [9.17, 15) is 16.8 Å². The summed E-state index contributed by atoms with van der Waals surface area (Å²) in [6.45, 7) is 5.21. The summed E-state index contributed by atoms with van der Waals surface area (Å²) in [7, 11) is -6.96. The number of nitrogens with one attached hydrogen (secondary N) is 2. The number of rotatable bonds is 7. The van der Waals surface area contributed by atoms with E-state index in [-0.39, 0.29) is 4.90 Å². The SMILES string of the molecule is CCNC(=NCc1ccc(S(C)(=O)=O)c(C)c1)NCc1ccc(S(N)(=O)=O)cc1. The Balaban J connectivity index is 2.07. The van der Waals surface area contributed by atoms with Crippen LogP contribution in [0.15, 0.2) is 57.2 Å². The molecule has 2 aromatic carbocycles. The smallest absolute Gasteiger partial charge is 0.238 e. The molecule has 2 rings (SSSR count). The minimum Gasteiger partial charge on any atom is -0.357 e. The molecule has 2 aromatic rings. The van der Waals surface area contributed by atoms with Crippen LogP contribution < -0.4 is 15.8 Å². The van der Waals surface area contributed by atoms with Crippen LogP contribution in [0.3, 0.4) is 0 Å². The fourth-order valence-corrected chi connectivity index (χ4v) is 4.20. The highest BCUT2D eigenvalue weighted by molar-refractivity contribution is 7.90. The first kappa shape index (κ1) is 22.9. The molecule has 0 aliphatic rings. The topological polar surface area (TPSA) is 131 Å². The van der Waals surface area contributed by atoms with Crippen molar-refractivity contribution in [3.05, 3.63) is 59.2 Å². The molecule has 0 fully saturated rings. The summed E-state index contributed by atoms with van der Waals surface area (Å²) in [6.07, 6.45) is 1.19. The number of benzene rings is 2. The van der Waals surface area contributed by atoms with E-state index in [0.29, 0.717) is 36.1 Å². The number of nitrogens with zero attached hydrogens (tertiary/aromatic N) is 1. The molecule has 0 unspecified atom stereocenters. The summed E-state index contributed by atoms with van der Waals surface area (Å²) in [5.74, 6) is 0.591. The van der Waals surface area contributed by atoms with Crippen molar-refractivity contribution < 1.29 is 16.8 Å². The van der Waals surface area contributed by atoms with Crippen LogP contribution in [0.25, 0.3) is 0 Å². The number of aryl methyl sites for hydroxylation is 1. The van der Waals surface area contributed by atoms with Gasteiger partial charge in [0.05, 0.1) is 16.3 Å². The quantitative estimate of drug-likeness (QED) is 0.441. The van der Waals surface area contributed by atoms with E-state index >= 15 is 0 Å². The normalized spacial score (nSPS) is 12.6. The lowest BCUT2D eigenvalue weighted by Gasteiger charge is -2.12. The van der Waals surface area contributed by atoms with Gasteiger partial charge in [-0.3, -0.25) is 0 Å². The van der Waals surface area contributed by atoms with Crippen LogP contribution in [0.5, 0.6) is 0 Å². The van der Waals surface area contributed by atoms with Gasteiger partial charge in [-0.15, -0.1) is 0 Å². The number of aliphatic imine (C=N–C) groups is 1. The third-order valence-corrected chi connectivity index (χ3v) is 6.30. The monoisotopic (exact) mass is 438 g/mol. The molecule has 8 nitrogen and oxygen atoms in total. The number of hydrogen-bond donors (Lipinski definition) is 3. The average molecular weight is 439 g/mol. The summed E-state index contributed by atoms with van der Waals surface area (Å²) >= 11 is 0. The summed E-state index contributed by atoms with van der Waals surface area (Å²) in [5.41, 5.74) is 2.45. The van der Waals surface area contributed by atoms with Crippen LogP contribution in [0.4, 0.5) is 0 Å². The van der Waals surface area contributed by atoms with Gasteiger partial charge in [0.1, 0.15) is 0 Å². The molecular formula is C19H26N4O4S2. The highest BCUT2D eigenvalue weighted by atomic mass is 32.2. The Hall–Kier alpha value is -2.43. The minimum atomic E-state index is -3.71. The maximum absolute atomic E-state index is 11.7. The first-order valence-electron chi connectivity index (χ1n) is 8.94. The maximum atomic E-state index is 11.7. The third-order valence-electron chi connectivity index (χ3n) is 4.11. The Morgan fingerprint density at radius 1 is 1.00 bits per heavy atom. The highest BCUT2D eigenvalue weighted by Gasteiger charge is 2.11. The van der Waals surface area contributed by atoms with Crippen molar-refractivity contribution in [2.24, 2.45) is 10.1 Å². The van der Waals surface area contributed by atoms with Crippen molar-refractivity contribution >= 4 is 25.8 Å². The fourth-order valence-electron chi connectivity index (χ4n) is 2.72. The summed E-state index contributed by atoms with van der Waals surface area (Å²) < 4.78 is 46.1. The van der Waals surface area contributed by atoms with Crippen LogP contribution in [0, 0.1) is 6.92 Å². The van der Waals surface area contributed by atoms with Gasteiger partial charge < -0.3 is 10.6 Å². The van der Waals surface area contributed by atoms with Crippen LogP contribution in [0.1, 0.15) is 23.6 Å². The Labute approximate surface area is 172 Å². The first-order valence-corrected chi connectivity index (χ1v) is 12.4. The van der Waals surface area contributed by atoms with Crippen molar-refractivity contribution in [3.8, 4) is 0 Å². The fraction of sp³-hybridized carbons (Fsp3) is 0.316. The predicted molar refractivity (Wildman–Crippen MR) is 114 cm³/mol. The molecule has 0 saturated carbocycles. The number of sulfonamides is 1. The second-order valence-electron chi connectivity index (χ2n) is 6.61. The van der Waals surface area contributed by atoms with Gasteiger partial charge in [-0.25, -0.2) is 27.0 Å². The van der Waals surface area contributed by atoms with Crippen LogP contribution in [-0.4, -0.2) is 35.6 Å². The zero-order valence-electron chi connectivity index (χ0n) is 16.6. The molecule has 0 amide bonds.